The molecule has 9 heteroatoms. The van der Waals surface area contributed by atoms with Crippen LogP contribution in [0.3, 0.4) is 0 Å². The van der Waals surface area contributed by atoms with Gasteiger partial charge in [0.25, 0.3) is 5.91 Å². The molecule has 0 spiro atoms. The van der Waals surface area contributed by atoms with Crippen molar-refractivity contribution in [2.45, 2.75) is 63.1 Å². The topological polar surface area (TPSA) is 84.9 Å². The number of amides is 2. The van der Waals surface area contributed by atoms with E-state index in [1.54, 1.807) is 18.2 Å². The van der Waals surface area contributed by atoms with Crippen molar-refractivity contribution < 1.29 is 14.7 Å². The summed E-state index contributed by atoms with van der Waals surface area (Å²) in [5, 5.41) is 17.2. The Labute approximate surface area is 241 Å². The number of piperidine rings is 1. The average molecular weight is 576 g/mol. The van der Waals surface area contributed by atoms with Crippen LogP contribution in [-0.4, -0.2) is 84.2 Å². The molecule has 2 amide bonds. The van der Waals surface area contributed by atoms with E-state index >= 15 is 0 Å². The van der Waals surface area contributed by atoms with E-state index in [2.05, 4.69) is 46.7 Å². The van der Waals surface area contributed by atoms with Crippen LogP contribution in [-0.2, 0) is 4.79 Å². The van der Waals surface area contributed by atoms with Crippen molar-refractivity contribution in [3.8, 4) is 0 Å². The van der Waals surface area contributed by atoms with Gasteiger partial charge in [-0.3, -0.25) is 9.59 Å². The molecular formula is C30H40Cl2N4O3. The van der Waals surface area contributed by atoms with Crippen molar-refractivity contribution in [2.75, 3.05) is 39.3 Å². The number of aliphatic hydroxyl groups is 1. The van der Waals surface area contributed by atoms with Crippen LogP contribution in [0.4, 0.5) is 0 Å². The van der Waals surface area contributed by atoms with Crippen molar-refractivity contribution in [1.82, 2.24) is 20.4 Å². The fourth-order valence-corrected chi connectivity index (χ4v) is 5.80. The molecule has 2 aromatic carbocycles. The minimum atomic E-state index is -0.334. The highest BCUT2D eigenvalue weighted by Crippen LogP contribution is 2.24. The molecule has 212 valence electrons. The second-order valence-electron chi connectivity index (χ2n) is 10.7. The first-order valence-electron chi connectivity index (χ1n) is 14.1. The molecule has 2 aliphatic heterocycles. The fraction of sp³-hybridized carbons (Fsp3) is 0.533. The summed E-state index contributed by atoms with van der Waals surface area (Å²) in [5.74, 6) is 0.173. The highest BCUT2D eigenvalue weighted by molar-refractivity contribution is 6.42. The lowest BCUT2D eigenvalue weighted by molar-refractivity contribution is -0.133. The number of nitrogens with zero attached hydrogens (tertiary/aromatic N) is 2. The third-order valence-electron chi connectivity index (χ3n) is 7.98. The Hall–Kier alpha value is -2.16. The van der Waals surface area contributed by atoms with Crippen molar-refractivity contribution in [3.05, 3.63) is 69.7 Å². The second kappa shape index (κ2) is 14.5. The largest absolute Gasteiger partial charge is 0.393 e. The lowest BCUT2D eigenvalue weighted by Gasteiger charge is -2.32. The summed E-state index contributed by atoms with van der Waals surface area (Å²) >= 11 is 12.1. The molecule has 0 saturated carbocycles. The number of hydrogen-bond donors (Lipinski definition) is 3. The van der Waals surface area contributed by atoms with Gasteiger partial charge in [0.05, 0.1) is 22.2 Å². The van der Waals surface area contributed by atoms with Crippen LogP contribution in [0.5, 0.6) is 0 Å². The summed E-state index contributed by atoms with van der Waals surface area (Å²) in [6.45, 7) is 6.37. The van der Waals surface area contributed by atoms with Crippen molar-refractivity contribution in [3.63, 3.8) is 0 Å². The van der Waals surface area contributed by atoms with E-state index < -0.39 is 0 Å². The SMILES string of the molecule is CCC(CN1CC[C@@H](CNC(=O)c2ccc(Cl)c(Cl)c2)N[C@@H](CCN2CCC(O)CC2)C1=O)c1ccccc1. The Kier molecular flexibility index (Phi) is 11.1. The maximum atomic E-state index is 13.8. The number of carbonyl (C=O) groups excluding carboxylic acids is 2. The summed E-state index contributed by atoms with van der Waals surface area (Å²) in [6, 6.07) is 14.9. The molecule has 2 aromatic rings. The van der Waals surface area contributed by atoms with E-state index in [-0.39, 0.29) is 35.9 Å². The number of hydrogen-bond acceptors (Lipinski definition) is 5. The third kappa shape index (κ3) is 8.41. The van der Waals surface area contributed by atoms with Gasteiger partial charge in [-0.1, -0.05) is 60.5 Å². The molecule has 0 radical (unpaired) electrons. The summed E-state index contributed by atoms with van der Waals surface area (Å²) < 4.78 is 0. The molecular weight excluding hydrogens is 535 g/mol. The molecule has 0 aliphatic carbocycles. The van der Waals surface area contributed by atoms with Crippen LogP contribution in [0.25, 0.3) is 0 Å². The van der Waals surface area contributed by atoms with Crippen LogP contribution < -0.4 is 10.6 Å². The third-order valence-corrected chi connectivity index (χ3v) is 8.72. The average Bonchev–Trinajstić information content (AvgIpc) is 3.10. The number of likely N-dealkylation sites (tertiary alicyclic amines) is 1. The van der Waals surface area contributed by atoms with Gasteiger partial charge >= 0.3 is 0 Å². The first kappa shape index (κ1) is 29.8. The van der Waals surface area contributed by atoms with Crippen LogP contribution in [0.1, 0.15) is 60.9 Å². The number of aliphatic hydroxyl groups excluding tert-OH is 1. The number of nitrogens with one attached hydrogen (secondary N) is 2. The first-order chi connectivity index (χ1) is 18.8. The van der Waals surface area contributed by atoms with Crippen molar-refractivity contribution >= 4 is 35.0 Å². The fourth-order valence-electron chi connectivity index (χ4n) is 5.50. The van der Waals surface area contributed by atoms with Gasteiger partial charge in [-0.2, -0.15) is 0 Å². The first-order valence-corrected chi connectivity index (χ1v) is 14.8. The van der Waals surface area contributed by atoms with Crippen LogP contribution in [0.2, 0.25) is 10.0 Å². The molecule has 3 atom stereocenters. The normalized spacial score (nSPS) is 21.9. The van der Waals surface area contributed by atoms with Gasteiger partial charge in [0, 0.05) is 56.8 Å². The number of rotatable bonds is 10. The molecule has 3 N–H and O–H groups in total. The van der Waals surface area contributed by atoms with Gasteiger partial charge in [0.1, 0.15) is 0 Å². The van der Waals surface area contributed by atoms with E-state index in [0.717, 1.165) is 45.3 Å². The number of carbonyl (C=O) groups is 2. The smallest absolute Gasteiger partial charge is 0.251 e. The molecule has 7 nitrogen and oxygen atoms in total. The molecule has 0 bridgehead atoms. The Bertz CT molecular complexity index is 1090. The van der Waals surface area contributed by atoms with Crippen LogP contribution in [0.15, 0.2) is 48.5 Å². The Morgan fingerprint density at radius 3 is 2.51 bits per heavy atom. The Balaban J connectivity index is 1.43. The summed E-state index contributed by atoms with van der Waals surface area (Å²) in [5.41, 5.74) is 1.70. The predicted octanol–water partition coefficient (Wildman–Crippen LogP) is 4.32. The Morgan fingerprint density at radius 2 is 1.82 bits per heavy atom. The second-order valence-corrected chi connectivity index (χ2v) is 11.5. The highest BCUT2D eigenvalue weighted by Gasteiger charge is 2.32. The maximum absolute atomic E-state index is 13.8. The Morgan fingerprint density at radius 1 is 1.08 bits per heavy atom. The molecule has 2 fully saturated rings. The molecule has 39 heavy (non-hydrogen) atoms. The molecule has 2 saturated heterocycles. The van der Waals surface area contributed by atoms with E-state index in [0.29, 0.717) is 41.7 Å². The molecule has 1 unspecified atom stereocenters. The van der Waals surface area contributed by atoms with Crippen LogP contribution >= 0.6 is 23.2 Å². The number of halogens is 2. The molecule has 2 aliphatic rings. The van der Waals surface area contributed by atoms with Crippen molar-refractivity contribution in [2.24, 2.45) is 0 Å². The van der Waals surface area contributed by atoms with Crippen molar-refractivity contribution in [1.29, 1.82) is 0 Å². The monoisotopic (exact) mass is 574 g/mol. The van der Waals surface area contributed by atoms with Gasteiger partial charge < -0.3 is 25.5 Å². The zero-order valence-corrected chi connectivity index (χ0v) is 24.1. The predicted molar refractivity (Wildman–Crippen MR) is 156 cm³/mol. The minimum Gasteiger partial charge on any atom is -0.393 e. The van der Waals surface area contributed by atoms with E-state index in [1.807, 2.05) is 11.0 Å². The lowest BCUT2D eigenvalue weighted by atomic mass is 9.95. The van der Waals surface area contributed by atoms with Gasteiger partial charge in [-0.05, 0) is 55.9 Å². The van der Waals surface area contributed by atoms with Gasteiger partial charge in [0.15, 0.2) is 0 Å². The van der Waals surface area contributed by atoms with Gasteiger partial charge in [0.2, 0.25) is 5.91 Å². The minimum absolute atomic E-state index is 0.0457. The zero-order valence-electron chi connectivity index (χ0n) is 22.6. The maximum Gasteiger partial charge on any atom is 0.251 e. The van der Waals surface area contributed by atoms with E-state index in [1.165, 1.54) is 5.56 Å². The molecule has 2 heterocycles. The van der Waals surface area contributed by atoms with Gasteiger partial charge in [-0.25, -0.2) is 0 Å². The van der Waals surface area contributed by atoms with Crippen LogP contribution in [0, 0.1) is 0 Å². The van der Waals surface area contributed by atoms with E-state index in [9.17, 15) is 14.7 Å². The summed E-state index contributed by atoms with van der Waals surface area (Å²) in [7, 11) is 0. The quantitative estimate of drug-likeness (QED) is 0.393. The van der Waals surface area contributed by atoms with Gasteiger partial charge in [-0.15, -0.1) is 0 Å². The number of benzene rings is 2. The highest BCUT2D eigenvalue weighted by atomic mass is 35.5. The molecule has 4 rings (SSSR count). The zero-order chi connectivity index (χ0) is 27.8. The summed E-state index contributed by atoms with van der Waals surface area (Å²) in [4.78, 5) is 31.0. The van der Waals surface area contributed by atoms with E-state index in [4.69, 9.17) is 23.2 Å². The lowest BCUT2D eigenvalue weighted by Crippen LogP contribution is -2.50. The summed E-state index contributed by atoms with van der Waals surface area (Å²) in [6.07, 6.45) is 3.70. The molecule has 0 aromatic heterocycles. The standard InChI is InChI=1S/C30H40Cl2N4O3/c1-2-21(22-6-4-3-5-7-22)20-36-17-10-24(19-33-29(38)23-8-9-26(31)27(32)18-23)34-28(30(36)39)13-16-35-14-11-25(37)12-15-35/h3-9,18,21,24-25,28,34,37H,2,10-17,19-20H2,1H3,(H,33,38)/t21?,24-,28-/m0/s1.